The maximum absolute atomic E-state index is 12.1. The number of amides is 1. The van der Waals surface area contributed by atoms with Gasteiger partial charge in [-0.1, -0.05) is 0 Å². The molecule has 0 fully saturated rings. The zero-order chi connectivity index (χ0) is 12.5. The molecular formula is C11H16NOY. The molecule has 0 aliphatic heterocycles. The van der Waals surface area contributed by atoms with Gasteiger partial charge in [-0.15, -0.1) is 0 Å². The zero-order valence-corrected chi connectivity index (χ0v) is 11.9. The zero-order valence-electron chi connectivity index (χ0n) is 11.1. The van der Waals surface area contributed by atoms with Crippen molar-refractivity contribution in [3.05, 3.63) is 22.8 Å². The van der Waals surface area contributed by atoms with Crippen LogP contribution in [0.3, 0.4) is 0 Å². The summed E-state index contributed by atoms with van der Waals surface area (Å²) in [5.74, 6) is -0.0670. The van der Waals surface area contributed by atoms with Gasteiger partial charge in [-0.05, 0) is 0 Å². The second-order valence-electron chi connectivity index (χ2n) is 3.56. The van der Waals surface area contributed by atoms with E-state index in [4.69, 9.17) is 1.47 Å². The average molecular weight is 269 g/mol. The van der Waals surface area contributed by atoms with Crippen molar-refractivity contribution >= 4 is 8.33 Å². The summed E-state index contributed by atoms with van der Waals surface area (Å²) in [6.45, 7) is 5.63. The molecule has 0 bridgehead atoms. The van der Waals surface area contributed by atoms with Crippen LogP contribution in [0.4, 0.5) is 0 Å². The van der Waals surface area contributed by atoms with Crippen LogP contribution in [0.25, 0.3) is 0 Å². The first kappa shape index (κ1) is 9.17. The number of likely N-dealkylation sites (N-methyl/N-ethyl adjacent to an activating group) is 1. The first-order valence-corrected chi connectivity index (χ1v) is 5.97. The Morgan fingerprint density at radius 1 is 1.71 bits per heavy atom. The topological polar surface area (TPSA) is 20.3 Å². The van der Waals surface area contributed by atoms with E-state index in [1.165, 1.54) is 0 Å². The van der Waals surface area contributed by atoms with Crippen LogP contribution in [0, 0.1) is 0 Å². The molecule has 1 rings (SSSR count). The van der Waals surface area contributed by atoms with Gasteiger partial charge in [0.05, 0.1) is 0 Å². The van der Waals surface area contributed by atoms with E-state index in [9.17, 15) is 4.79 Å². The fourth-order valence-corrected chi connectivity index (χ4v) is 1.53. The van der Waals surface area contributed by atoms with Crippen LogP contribution < -0.4 is 0 Å². The monoisotopic (exact) mass is 269 g/mol. The first-order chi connectivity index (χ1) is 7.40. The van der Waals surface area contributed by atoms with Crippen molar-refractivity contribution in [3.63, 3.8) is 0 Å². The van der Waals surface area contributed by atoms with Gasteiger partial charge in [0.1, 0.15) is 0 Å². The summed E-state index contributed by atoms with van der Waals surface area (Å²) in [4.78, 5) is 13.7. The summed E-state index contributed by atoms with van der Waals surface area (Å²) in [5.41, 5.74) is 2.50. The van der Waals surface area contributed by atoms with E-state index in [1.54, 1.807) is 18.0 Å². The van der Waals surface area contributed by atoms with Crippen LogP contribution in [0.15, 0.2) is 22.8 Å². The molecule has 14 heavy (non-hydrogen) atoms. The fourth-order valence-electron chi connectivity index (χ4n) is 1.24. The Morgan fingerprint density at radius 3 is 2.79 bits per heavy atom. The van der Waals surface area contributed by atoms with Gasteiger partial charge in [0.25, 0.3) is 0 Å². The molecule has 0 radical (unpaired) electrons. The quantitative estimate of drug-likeness (QED) is 0.744. The number of hydrogen-bond acceptors (Lipinski definition) is 1. The molecule has 0 aromatic rings. The summed E-state index contributed by atoms with van der Waals surface area (Å²) in [6.07, 6.45) is 1.32. The van der Waals surface area contributed by atoms with E-state index >= 15 is 0 Å². The van der Waals surface area contributed by atoms with Gasteiger partial charge in [0.15, 0.2) is 0 Å². The third-order valence-electron chi connectivity index (χ3n) is 2.56. The van der Waals surface area contributed by atoms with Gasteiger partial charge in [0.2, 0.25) is 0 Å². The molecule has 1 unspecified atom stereocenters. The van der Waals surface area contributed by atoms with E-state index in [1.807, 2.05) is 20.8 Å². The van der Waals surface area contributed by atoms with Crippen molar-refractivity contribution in [2.24, 2.45) is 0 Å². The molecule has 74 valence electrons. The van der Waals surface area contributed by atoms with Gasteiger partial charge >= 0.3 is 107 Å². The summed E-state index contributed by atoms with van der Waals surface area (Å²) >= 11 is -1.46. The Kier molecular flexibility index (Phi) is 3.03. The Morgan fingerprint density at radius 2 is 2.36 bits per heavy atom. The number of nitrogens with zero attached hydrogens (tertiary/aromatic N) is 1. The molecule has 0 spiro atoms. The van der Waals surface area contributed by atoms with Crippen molar-refractivity contribution in [3.8, 4) is 0 Å². The predicted octanol–water partition coefficient (Wildman–Crippen LogP) is 1.54. The predicted molar refractivity (Wildman–Crippen MR) is 55.9 cm³/mol. The molecule has 2 nitrogen and oxygen atoms in total. The minimum absolute atomic E-state index is 0.0670. The van der Waals surface area contributed by atoms with E-state index in [0.717, 1.165) is 13.6 Å². The standard InChI is InChI=1S/C11H15NO.Y.H/c1-5-12(4)11(13)10-7-6-8(2)9(10)3;;/h7H,6H2,1-4H3;;/i6D;;1+1. The first-order valence-electron chi connectivity index (χ1n) is 5.70. The van der Waals surface area contributed by atoms with Crippen molar-refractivity contribution in [2.75, 3.05) is 7.05 Å². The van der Waals surface area contributed by atoms with Gasteiger partial charge in [-0.3, -0.25) is 0 Å². The average Bonchev–Trinajstić information content (AvgIpc) is 2.54. The summed E-state index contributed by atoms with van der Waals surface area (Å²) in [6, 6.07) is 0. The van der Waals surface area contributed by atoms with E-state index < -0.39 is 30.2 Å². The molecule has 0 N–H and O–H groups in total. The van der Waals surface area contributed by atoms with Crippen molar-refractivity contribution in [1.29, 1.82) is 0.101 Å². The number of carbonyl (C=O) groups excluding carboxylic acids is 1. The molecule has 0 aromatic carbocycles. The Hall–Kier alpha value is -0.0761. The fraction of sp³-hybridized carbons (Fsp3) is 0.455. The molecule has 0 saturated carbocycles. The second kappa shape index (κ2) is 4.63. The van der Waals surface area contributed by atoms with E-state index in [2.05, 4.69) is 0 Å². The van der Waals surface area contributed by atoms with Crippen molar-refractivity contribution in [1.82, 2.24) is 4.90 Å². The van der Waals surface area contributed by atoms with Crippen LogP contribution >= 0.6 is 0 Å². The van der Waals surface area contributed by atoms with Gasteiger partial charge in [-0.25, -0.2) is 0 Å². The number of hydrogen-bond donors (Lipinski definition) is 0. The van der Waals surface area contributed by atoms with Crippen molar-refractivity contribution < 1.29 is 36.3 Å². The third kappa shape index (κ3) is 2.29. The summed E-state index contributed by atoms with van der Waals surface area (Å²) in [5, 5.41) is 0. The molecule has 3 heteroatoms. The van der Waals surface area contributed by atoms with E-state index in [0.29, 0.717) is 5.57 Å². The van der Waals surface area contributed by atoms with Crippen LogP contribution in [0.5, 0.6) is 0 Å². The normalized spacial score (nSPS) is 23.9. The van der Waals surface area contributed by atoms with Crippen molar-refractivity contribution in [2.45, 2.75) is 27.2 Å². The molecule has 1 aliphatic rings. The molecule has 1 aliphatic carbocycles. The SMILES string of the molecule is [2H][Y]=[C](C)N(C)C(=O)C1=CC([2H])C(C)=C1C. The summed E-state index contributed by atoms with van der Waals surface area (Å²) < 4.78 is 16.1. The second-order valence-corrected chi connectivity index (χ2v) is 5.61. The minimum atomic E-state index is -1.46. The van der Waals surface area contributed by atoms with Gasteiger partial charge in [0, 0.05) is 0 Å². The van der Waals surface area contributed by atoms with Crippen LogP contribution in [0.1, 0.15) is 28.5 Å². The maximum atomic E-state index is 12.1. The molecule has 1 amide bonds. The van der Waals surface area contributed by atoms with Crippen LogP contribution in [0.2, 0.25) is 0 Å². The molecule has 0 heterocycles. The third-order valence-corrected chi connectivity index (χ3v) is 3.51. The van der Waals surface area contributed by atoms with Gasteiger partial charge in [-0.2, -0.15) is 0 Å². The number of rotatable bonds is 2. The van der Waals surface area contributed by atoms with Gasteiger partial charge < -0.3 is 0 Å². The molecule has 0 saturated heterocycles. The molecular weight excluding hydrogens is 251 g/mol. The Bertz CT molecular complexity index is 412. The number of carbonyl (C=O) groups is 1. The van der Waals surface area contributed by atoms with Crippen LogP contribution in [-0.2, 0) is 35.0 Å². The molecule has 0 aromatic heterocycles. The number of allylic oxidation sites excluding steroid dienone is 2. The molecule has 1 atom stereocenters. The van der Waals surface area contributed by atoms with Crippen LogP contribution in [-0.4, -0.2) is 20.4 Å². The Labute approximate surface area is 106 Å². The Balaban J connectivity index is 2.98. The summed E-state index contributed by atoms with van der Waals surface area (Å²) in [7, 11) is 1.72. The van der Waals surface area contributed by atoms with E-state index in [-0.39, 0.29) is 12.3 Å².